The number of hydrogen-bond donors (Lipinski definition) is 0. The Morgan fingerprint density at radius 2 is 2.04 bits per heavy atom. The highest BCUT2D eigenvalue weighted by Crippen LogP contribution is 2.16. The number of esters is 1. The molecule has 0 fully saturated rings. The van der Waals surface area contributed by atoms with Gasteiger partial charge in [-0.15, -0.1) is 0 Å². The first-order valence-corrected chi connectivity index (χ1v) is 7.08. The average molecular weight is 311 g/mol. The summed E-state index contributed by atoms with van der Waals surface area (Å²) in [6.07, 6.45) is 2.43. The lowest BCUT2D eigenvalue weighted by Crippen LogP contribution is -2.24. The third kappa shape index (κ3) is 3.86. The molecular formula is C18H17NO4. The largest absolute Gasteiger partial charge is 0.463 e. The highest BCUT2D eigenvalue weighted by Gasteiger charge is 2.20. The number of carbonyl (C=O) groups excluding carboxylic acids is 1. The SMILES string of the molecule is Cc1ccc2occ(/C=C(\C#N)C(=O)OC(C)(C)C)c(=O)c2c1. The Balaban J connectivity index is 2.51. The zero-order valence-corrected chi connectivity index (χ0v) is 13.5. The van der Waals surface area contributed by atoms with Crippen molar-refractivity contribution in [3.05, 3.63) is 51.4 Å². The fourth-order valence-electron chi connectivity index (χ4n) is 1.99. The Morgan fingerprint density at radius 1 is 1.35 bits per heavy atom. The van der Waals surface area contributed by atoms with E-state index < -0.39 is 11.6 Å². The number of aryl methyl sites for hydroxylation is 1. The van der Waals surface area contributed by atoms with Gasteiger partial charge in [-0.2, -0.15) is 5.26 Å². The molecule has 0 radical (unpaired) electrons. The summed E-state index contributed by atoms with van der Waals surface area (Å²) in [4.78, 5) is 24.5. The molecule has 1 aromatic carbocycles. The molecule has 1 heterocycles. The summed E-state index contributed by atoms with van der Waals surface area (Å²) < 4.78 is 10.5. The van der Waals surface area contributed by atoms with Gasteiger partial charge in [-0.1, -0.05) is 11.6 Å². The Kier molecular flexibility index (Phi) is 4.37. The van der Waals surface area contributed by atoms with Crippen molar-refractivity contribution in [3.8, 4) is 6.07 Å². The van der Waals surface area contributed by atoms with Crippen LogP contribution in [0.4, 0.5) is 0 Å². The molecule has 2 rings (SSSR count). The number of hydrogen-bond acceptors (Lipinski definition) is 5. The van der Waals surface area contributed by atoms with Crippen LogP contribution in [0.2, 0.25) is 0 Å². The van der Waals surface area contributed by atoms with Crippen LogP contribution in [0.15, 0.2) is 39.2 Å². The highest BCUT2D eigenvalue weighted by molar-refractivity contribution is 5.98. The van der Waals surface area contributed by atoms with E-state index in [9.17, 15) is 9.59 Å². The van der Waals surface area contributed by atoms with Crippen molar-refractivity contribution in [2.24, 2.45) is 0 Å². The van der Waals surface area contributed by atoms with Crippen molar-refractivity contribution in [2.75, 3.05) is 0 Å². The molecule has 0 saturated carbocycles. The maximum absolute atomic E-state index is 12.5. The first kappa shape index (κ1) is 16.5. The molecule has 118 valence electrons. The van der Waals surface area contributed by atoms with E-state index in [1.165, 1.54) is 12.3 Å². The molecular weight excluding hydrogens is 294 g/mol. The number of benzene rings is 1. The summed E-state index contributed by atoms with van der Waals surface area (Å²) in [6, 6.07) is 7.01. The predicted octanol–water partition coefficient (Wildman–Crippen LogP) is 3.35. The van der Waals surface area contributed by atoms with Gasteiger partial charge in [0.1, 0.15) is 29.1 Å². The second-order valence-electron chi connectivity index (χ2n) is 6.19. The monoisotopic (exact) mass is 311 g/mol. The lowest BCUT2D eigenvalue weighted by atomic mass is 10.1. The molecule has 1 aromatic heterocycles. The molecule has 0 aliphatic carbocycles. The van der Waals surface area contributed by atoms with Crippen LogP contribution in [0.25, 0.3) is 17.0 Å². The first-order valence-electron chi connectivity index (χ1n) is 7.08. The number of rotatable bonds is 2. The van der Waals surface area contributed by atoms with Gasteiger partial charge in [-0.05, 0) is 45.9 Å². The summed E-state index contributed by atoms with van der Waals surface area (Å²) in [5.41, 5.74) is 0.223. The Hall–Kier alpha value is -2.87. The van der Waals surface area contributed by atoms with Gasteiger partial charge in [0.15, 0.2) is 5.43 Å². The summed E-state index contributed by atoms with van der Waals surface area (Å²) in [7, 11) is 0. The van der Waals surface area contributed by atoms with Gasteiger partial charge in [0.2, 0.25) is 0 Å². The summed E-state index contributed by atoms with van der Waals surface area (Å²) in [5, 5.41) is 9.55. The van der Waals surface area contributed by atoms with Crippen LogP contribution < -0.4 is 5.43 Å². The van der Waals surface area contributed by atoms with Crippen LogP contribution in [0, 0.1) is 18.3 Å². The maximum Gasteiger partial charge on any atom is 0.349 e. The minimum absolute atomic E-state index is 0.130. The Bertz CT molecular complexity index is 892. The van der Waals surface area contributed by atoms with Crippen molar-refractivity contribution >= 4 is 23.0 Å². The summed E-state index contributed by atoms with van der Waals surface area (Å²) in [5.74, 6) is -0.774. The topological polar surface area (TPSA) is 80.3 Å². The Morgan fingerprint density at radius 3 is 2.65 bits per heavy atom. The molecule has 5 nitrogen and oxygen atoms in total. The van der Waals surface area contributed by atoms with Crippen molar-refractivity contribution in [3.63, 3.8) is 0 Å². The van der Waals surface area contributed by atoms with Crippen LogP contribution in [0.3, 0.4) is 0 Å². The van der Waals surface area contributed by atoms with E-state index in [1.807, 2.05) is 13.0 Å². The molecule has 0 bridgehead atoms. The van der Waals surface area contributed by atoms with Crippen molar-refractivity contribution in [1.82, 2.24) is 0 Å². The molecule has 0 aliphatic heterocycles. The highest BCUT2D eigenvalue weighted by atomic mass is 16.6. The van der Waals surface area contributed by atoms with Crippen LogP contribution in [-0.4, -0.2) is 11.6 Å². The molecule has 0 unspecified atom stereocenters. The molecule has 0 spiro atoms. The third-order valence-corrected chi connectivity index (χ3v) is 2.99. The van der Waals surface area contributed by atoms with Crippen LogP contribution in [0.1, 0.15) is 31.9 Å². The molecule has 0 amide bonds. The predicted molar refractivity (Wildman–Crippen MR) is 86.7 cm³/mol. The number of nitriles is 1. The second kappa shape index (κ2) is 6.09. The Labute approximate surface area is 133 Å². The van der Waals surface area contributed by atoms with E-state index in [1.54, 1.807) is 39.0 Å². The van der Waals surface area contributed by atoms with Gasteiger partial charge in [-0.3, -0.25) is 4.79 Å². The molecule has 2 aromatic rings. The van der Waals surface area contributed by atoms with Crippen molar-refractivity contribution < 1.29 is 13.9 Å². The third-order valence-electron chi connectivity index (χ3n) is 2.99. The number of carbonyl (C=O) groups is 1. The fourth-order valence-corrected chi connectivity index (χ4v) is 1.99. The van der Waals surface area contributed by atoms with E-state index in [0.29, 0.717) is 11.0 Å². The van der Waals surface area contributed by atoms with Crippen molar-refractivity contribution in [2.45, 2.75) is 33.3 Å². The molecule has 23 heavy (non-hydrogen) atoms. The first-order chi connectivity index (χ1) is 10.7. The standard InChI is InChI=1S/C18H17NO4/c1-11-5-6-15-14(7-11)16(20)13(10-22-15)8-12(9-19)17(21)23-18(2,3)4/h5-8,10H,1-4H3/b12-8+. The maximum atomic E-state index is 12.5. The number of fused-ring (bicyclic) bond motifs is 1. The quantitative estimate of drug-likeness (QED) is 0.482. The van der Waals surface area contributed by atoms with E-state index in [2.05, 4.69) is 0 Å². The fraction of sp³-hybridized carbons (Fsp3) is 0.278. The lowest BCUT2D eigenvalue weighted by molar-refractivity contribution is -0.149. The molecule has 0 atom stereocenters. The minimum atomic E-state index is -0.774. The van der Waals surface area contributed by atoms with Crippen LogP contribution >= 0.6 is 0 Å². The van der Waals surface area contributed by atoms with Crippen molar-refractivity contribution in [1.29, 1.82) is 5.26 Å². The van der Waals surface area contributed by atoms with Crippen LogP contribution in [0.5, 0.6) is 0 Å². The van der Waals surface area contributed by atoms with Gasteiger partial charge in [0, 0.05) is 0 Å². The van der Waals surface area contributed by atoms with Crippen LogP contribution in [-0.2, 0) is 9.53 Å². The van der Waals surface area contributed by atoms with E-state index in [4.69, 9.17) is 14.4 Å². The van der Waals surface area contributed by atoms with Gasteiger partial charge in [0.05, 0.1) is 10.9 Å². The van der Waals surface area contributed by atoms with Gasteiger partial charge >= 0.3 is 5.97 Å². The van der Waals surface area contributed by atoms with Gasteiger partial charge < -0.3 is 9.15 Å². The minimum Gasteiger partial charge on any atom is -0.463 e. The normalized spacial score (nSPS) is 12.0. The summed E-state index contributed by atoms with van der Waals surface area (Å²) in [6.45, 7) is 6.97. The zero-order valence-electron chi connectivity index (χ0n) is 13.5. The second-order valence-corrected chi connectivity index (χ2v) is 6.19. The number of ether oxygens (including phenoxy) is 1. The molecule has 0 saturated heterocycles. The van der Waals surface area contributed by atoms with E-state index in [-0.39, 0.29) is 16.6 Å². The number of nitrogens with zero attached hydrogens (tertiary/aromatic N) is 1. The van der Waals surface area contributed by atoms with Gasteiger partial charge in [0.25, 0.3) is 0 Å². The average Bonchev–Trinajstić information content (AvgIpc) is 2.45. The van der Waals surface area contributed by atoms with E-state index >= 15 is 0 Å². The molecule has 0 aliphatic rings. The zero-order chi connectivity index (χ0) is 17.2. The lowest BCUT2D eigenvalue weighted by Gasteiger charge is -2.18. The van der Waals surface area contributed by atoms with Gasteiger partial charge in [-0.25, -0.2) is 4.79 Å². The smallest absolute Gasteiger partial charge is 0.349 e. The molecule has 0 N–H and O–H groups in total. The summed E-state index contributed by atoms with van der Waals surface area (Å²) >= 11 is 0. The molecule has 5 heteroatoms. The van der Waals surface area contributed by atoms with E-state index in [0.717, 1.165) is 5.56 Å².